The van der Waals surface area contributed by atoms with Gasteiger partial charge in [0, 0.05) is 29.3 Å². The summed E-state index contributed by atoms with van der Waals surface area (Å²) in [6, 6.07) is 8.93. The number of rotatable bonds is 2. The molecule has 0 bridgehead atoms. The second-order valence-electron chi connectivity index (χ2n) is 6.54. The SMILES string of the molecule is N#Cc1cncc(-c2ccc(F)c([C@]34CCC[C@H]3CSC(N)=N4)c2)c1. The van der Waals surface area contributed by atoms with Crippen LogP contribution in [0.5, 0.6) is 0 Å². The van der Waals surface area contributed by atoms with Gasteiger partial charge in [-0.2, -0.15) is 5.26 Å². The smallest absolute Gasteiger partial charge is 0.154 e. The van der Waals surface area contributed by atoms with E-state index in [-0.39, 0.29) is 5.82 Å². The van der Waals surface area contributed by atoms with E-state index in [2.05, 4.69) is 11.1 Å². The summed E-state index contributed by atoms with van der Waals surface area (Å²) in [6.07, 6.45) is 6.09. The number of nitriles is 1. The fourth-order valence-corrected chi connectivity index (χ4v) is 5.00. The summed E-state index contributed by atoms with van der Waals surface area (Å²) in [5.41, 5.74) is 8.17. The van der Waals surface area contributed by atoms with Crippen LogP contribution in [0, 0.1) is 23.1 Å². The van der Waals surface area contributed by atoms with Gasteiger partial charge >= 0.3 is 0 Å². The van der Waals surface area contributed by atoms with E-state index < -0.39 is 5.54 Å². The molecule has 4 rings (SSSR count). The minimum absolute atomic E-state index is 0.247. The maximum atomic E-state index is 14.8. The van der Waals surface area contributed by atoms with Crippen LogP contribution in [0.25, 0.3) is 11.1 Å². The molecule has 4 nitrogen and oxygen atoms in total. The van der Waals surface area contributed by atoms with Gasteiger partial charge in [0.15, 0.2) is 5.17 Å². The summed E-state index contributed by atoms with van der Waals surface area (Å²) in [5, 5.41) is 9.62. The number of aromatic nitrogens is 1. The summed E-state index contributed by atoms with van der Waals surface area (Å²) in [7, 11) is 0. The molecule has 1 aliphatic carbocycles. The van der Waals surface area contributed by atoms with Crippen molar-refractivity contribution < 1.29 is 4.39 Å². The molecule has 2 heterocycles. The maximum absolute atomic E-state index is 14.8. The molecular weight excluding hydrogens is 335 g/mol. The number of thioether (sulfide) groups is 1. The van der Waals surface area contributed by atoms with Crippen LogP contribution in [0.1, 0.15) is 30.4 Å². The zero-order chi connectivity index (χ0) is 17.4. The van der Waals surface area contributed by atoms with Gasteiger partial charge in [-0.15, -0.1) is 0 Å². The predicted molar refractivity (Wildman–Crippen MR) is 97.4 cm³/mol. The van der Waals surface area contributed by atoms with Gasteiger partial charge in [-0.3, -0.25) is 9.98 Å². The van der Waals surface area contributed by atoms with Gasteiger partial charge in [-0.1, -0.05) is 24.2 Å². The highest BCUT2D eigenvalue weighted by molar-refractivity contribution is 8.13. The fraction of sp³-hybridized carbons (Fsp3) is 0.316. The summed E-state index contributed by atoms with van der Waals surface area (Å²) in [6.45, 7) is 0. The van der Waals surface area contributed by atoms with Gasteiger partial charge in [0.05, 0.1) is 11.1 Å². The van der Waals surface area contributed by atoms with E-state index in [1.54, 1.807) is 30.1 Å². The van der Waals surface area contributed by atoms with Crippen molar-refractivity contribution in [2.24, 2.45) is 16.6 Å². The van der Waals surface area contributed by atoms with Crippen molar-refractivity contribution >= 4 is 16.9 Å². The van der Waals surface area contributed by atoms with Gasteiger partial charge in [0.1, 0.15) is 11.9 Å². The first kappa shape index (κ1) is 16.1. The summed E-state index contributed by atoms with van der Waals surface area (Å²) < 4.78 is 14.8. The Morgan fingerprint density at radius 3 is 3.00 bits per heavy atom. The third-order valence-electron chi connectivity index (χ3n) is 5.16. The number of fused-ring (bicyclic) bond motifs is 1. The second kappa shape index (κ2) is 6.16. The number of nitrogens with zero attached hydrogens (tertiary/aromatic N) is 3. The van der Waals surface area contributed by atoms with Crippen LogP contribution in [-0.2, 0) is 5.54 Å². The highest BCUT2D eigenvalue weighted by atomic mass is 32.2. The van der Waals surface area contributed by atoms with Gasteiger partial charge in [0.25, 0.3) is 0 Å². The molecular formula is C19H17FN4S. The largest absolute Gasteiger partial charge is 0.379 e. The van der Waals surface area contributed by atoms with Crippen LogP contribution in [0.4, 0.5) is 4.39 Å². The zero-order valence-electron chi connectivity index (χ0n) is 13.6. The number of hydrogen-bond acceptors (Lipinski definition) is 5. The number of aliphatic imine (C=N–C) groups is 1. The number of benzene rings is 1. The van der Waals surface area contributed by atoms with Crippen molar-refractivity contribution in [2.75, 3.05) is 5.75 Å². The Kier molecular flexibility index (Phi) is 3.97. The van der Waals surface area contributed by atoms with Crippen molar-refractivity contribution in [1.82, 2.24) is 4.98 Å². The maximum Gasteiger partial charge on any atom is 0.154 e. The minimum atomic E-state index is -0.560. The minimum Gasteiger partial charge on any atom is -0.379 e. The molecule has 126 valence electrons. The number of hydrogen-bond donors (Lipinski definition) is 1. The van der Waals surface area contributed by atoms with E-state index in [1.165, 1.54) is 12.3 Å². The lowest BCUT2D eigenvalue weighted by molar-refractivity contribution is 0.341. The molecule has 0 radical (unpaired) electrons. The molecule has 1 aromatic heterocycles. The first-order valence-electron chi connectivity index (χ1n) is 8.26. The Bertz CT molecular complexity index is 905. The lowest BCUT2D eigenvalue weighted by Gasteiger charge is -2.36. The summed E-state index contributed by atoms with van der Waals surface area (Å²) >= 11 is 1.56. The fourth-order valence-electron chi connectivity index (χ4n) is 3.95. The molecule has 2 N–H and O–H groups in total. The van der Waals surface area contributed by atoms with Gasteiger partial charge in [-0.25, -0.2) is 4.39 Å². The Hall–Kier alpha value is -2.39. The first-order chi connectivity index (χ1) is 12.1. The van der Waals surface area contributed by atoms with Crippen molar-refractivity contribution in [1.29, 1.82) is 5.26 Å². The van der Waals surface area contributed by atoms with E-state index in [4.69, 9.17) is 16.0 Å². The molecule has 0 spiro atoms. The number of nitrogens with two attached hydrogens (primary N) is 1. The predicted octanol–water partition coefficient (Wildman–Crippen LogP) is 3.82. The molecule has 0 amide bonds. The van der Waals surface area contributed by atoms with E-state index >= 15 is 0 Å². The highest BCUT2D eigenvalue weighted by Crippen LogP contribution is 2.51. The number of pyridine rings is 1. The zero-order valence-corrected chi connectivity index (χ0v) is 14.4. The second-order valence-corrected chi connectivity index (χ2v) is 7.58. The molecule has 25 heavy (non-hydrogen) atoms. The lowest BCUT2D eigenvalue weighted by Crippen LogP contribution is -2.37. The van der Waals surface area contributed by atoms with Crippen molar-refractivity contribution in [3.63, 3.8) is 0 Å². The molecule has 6 heteroatoms. The van der Waals surface area contributed by atoms with Gasteiger partial charge < -0.3 is 5.73 Å². The molecule has 2 atom stereocenters. The molecule has 0 saturated heterocycles. The molecule has 1 aromatic carbocycles. The van der Waals surface area contributed by atoms with Crippen molar-refractivity contribution in [3.05, 3.63) is 53.6 Å². The summed E-state index contributed by atoms with van der Waals surface area (Å²) in [4.78, 5) is 8.83. The van der Waals surface area contributed by atoms with Gasteiger partial charge in [-0.05, 0) is 42.5 Å². The Labute approximate surface area is 150 Å². The quantitative estimate of drug-likeness (QED) is 0.891. The molecule has 2 aromatic rings. The van der Waals surface area contributed by atoms with E-state index in [0.29, 0.717) is 22.2 Å². The lowest BCUT2D eigenvalue weighted by atomic mass is 9.80. The monoisotopic (exact) mass is 352 g/mol. The first-order valence-corrected chi connectivity index (χ1v) is 9.24. The highest BCUT2D eigenvalue weighted by Gasteiger charge is 2.48. The van der Waals surface area contributed by atoms with Crippen LogP contribution < -0.4 is 5.73 Å². The normalized spacial score (nSPS) is 25.1. The van der Waals surface area contributed by atoms with E-state index in [9.17, 15) is 4.39 Å². The topological polar surface area (TPSA) is 75.1 Å². The molecule has 1 fully saturated rings. The van der Waals surface area contributed by atoms with Crippen LogP contribution in [-0.4, -0.2) is 15.9 Å². The van der Waals surface area contributed by atoms with Gasteiger partial charge in [0.2, 0.25) is 0 Å². The van der Waals surface area contributed by atoms with Crippen molar-refractivity contribution in [3.8, 4) is 17.2 Å². The molecule has 0 unspecified atom stereocenters. The van der Waals surface area contributed by atoms with E-state index in [1.807, 2.05) is 6.07 Å². The average Bonchev–Trinajstić information content (AvgIpc) is 3.06. The number of amidine groups is 1. The third-order valence-corrected chi connectivity index (χ3v) is 6.12. The molecule has 1 saturated carbocycles. The van der Waals surface area contributed by atoms with Crippen LogP contribution in [0.3, 0.4) is 0 Å². The molecule has 1 aliphatic heterocycles. The Morgan fingerprint density at radius 1 is 1.28 bits per heavy atom. The standard InChI is InChI=1S/C19H17FN4S/c20-17-4-3-13(14-6-12(8-21)9-23-10-14)7-16(17)19-5-1-2-15(19)11-25-18(22)24-19/h3-4,6-7,9-10,15H,1-2,5,11H2,(H2,22,24)/t15-,19-/m0/s1. The third kappa shape index (κ3) is 2.69. The van der Waals surface area contributed by atoms with Crippen LogP contribution in [0.15, 0.2) is 41.7 Å². The Morgan fingerprint density at radius 2 is 2.16 bits per heavy atom. The Balaban J connectivity index is 1.86. The van der Waals surface area contributed by atoms with Crippen LogP contribution >= 0.6 is 11.8 Å². The summed E-state index contributed by atoms with van der Waals surface area (Å²) in [5.74, 6) is 0.936. The van der Waals surface area contributed by atoms with Crippen LogP contribution in [0.2, 0.25) is 0 Å². The average molecular weight is 352 g/mol. The molecule has 2 aliphatic rings. The van der Waals surface area contributed by atoms with Crippen molar-refractivity contribution in [2.45, 2.75) is 24.8 Å². The number of halogens is 1. The van der Waals surface area contributed by atoms with E-state index in [0.717, 1.165) is 36.1 Å².